The Hall–Kier alpha value is -2.76. The molecule has 0 bridgehead atoms. The lowest BCUT2D eigenvalue weighted by atomic mass is 9.93. The average Bonchev–Trinajstić information content (AvgIpc) is 3.49. The Bertz CT molecular complexity index is 859. The highest BCUT2D eigenvalue weighted by Crippen LogP contribution is 2.32. The second-order valence-corrected chi connectivity index (χ2v) is 7.86. The third-order valence-corrected chi connectivity index (χ3v) is 5.66. The molecular formula is C22H26N4O2. The summed E-state index contributed by atoms with van der Waals surface area (Å²) >= 11 is 0. The van der Waals surface area contributed by atoms with Crippen molar-refractivity contribution in [2.45, 2.75) is 45.1 Å². The van der Waals surface area contributed by atoms with Gasteiger partial charge in [-0.2, -0.15) is 0 Å². The van der Waals surface area contributed by atoms with Crippen LogP contribution in [0.4, 0.5) is 0 Å². The lowest BCUT2D eigenvalue weighted by Crippen LogP contribution is -2.41. The molecular weight excluding hydrogens is 352 g/mol. The SMILES string of the molecule is CCc1ncc(C(=O)N2C[C@@H](NC(=O)C3CC3)[C@H](c3ccc(C)cc3)C2)cn1. The van der Waals surface area contributed by atoms with Crippen molar-refractivity contribution in [1.82, 2.24) is 20.2 Å². The Morgan fingerprint density at radius 2 is 1.79 bits per heavy atom. The van der Waals surface area contributed by atoms with Crippen molar-refractivity contribution in [2.24, 2.45) is 5.92 Å². The number of aryl methyl sites for hydroxylation is 2. The fraction of sp³-hybridized carbons (Fsp3) is 0.455. The molecule has 6 heteroatoms. The molecule has 2 aromatic rings. The van der Waals surface area contributed by atoms with Crippen molar-refractivity contribution >= 4 is 11.8 Å². The molecule has 1 aromatic heterocycles. The van der Waals surface area contributed by atoms with Crippen LogP contribution in [-0.2, 0) is 11.2 Å². The summed E-state index contributed by atoms with van der Waals surface area (Å²) < 4.78 is 0. The zero-order valence-corrected chi connectivity index (χ0v) is 16.4. The predicted molar refractivity (Wildman–Crippen MR) is 106 cm³/mol. The molecule has 0 unspecified atom stereocenters. The molecule has 6 nitrogen and oxygen atoms in total. The molecule has 0 radical (unpaired) electrons. The quantitative estimate of drug-likeness (QED) is 0.867. The maximum atomic E-state index is 13.0. The van der Waals surface area contributed by atoms with Crippen LogP contribution in [0.5, 0.6) is 0 Å². The molecule has 1 aliphatic carbocycles. The van der Waals surface area contributed by atoms with Gasteiger partial charge in [0.2, 0.25) is 5.91 Å². The van der Waals surface area contributed by atoms with Crippen LogP contribution in [0.3, 0.4) is 0 Å². The number of aromatic nitrogens is 2. The third-order valence-electron chi connectivity index (χ3n) is 5.66. The van der Waals surface area contributed by atoms with E-state index in [9.17, 15) is 9.59 Å². The zero-order chi connectivity index (χ0) is 19.7. The van der Waals surface area contributed by atoms with Crippen LogP contribution >= 0.6 is 0 Å². The van der Waals surface area contributed by atoms with Crippen LogP contribution in [0.15, 0.2) is 36.7 Å². The summed E-state index contributed by atoms with van der Waals surface area (Å²) in [5.41, 5.74) is 2.84. The summed E-state index contributed by atoms with van der Waals surface area (Å²) in [6.07, 6.45) is 5.88. The summed E-state index contributed by atoms with van der Waals surface area (Å²) in [5.74, 6) is 1.00. The summed E-state index contributed by atoms with van der Waals surface area (Å²) in [7, 11) is 0. The summed E-state index contributed by atoms with van der Waals surface area (Å²) in [4.78, 5) is 35.7. The number of likely N-dealkylation sites (tertiary alicyclic amines) is 1. The number of benzene rings is 1. The van der Waals surface area contributed by atoms with E-state index in [2.05, 4.69) is 46.5 Å². The molecule has 2 atom stereocenters. The smallest absolute Gasteiger partial charge is 0.257 e. The van der Waals surface area contributed by atoms with E-state index in [1.165, 1.54) is 5.56 Å². The van der Waals surface area contributed by atoms with Gasteiger partial charge in [-0.3, -0.25) is 9.59 Å². The number of rotatable bonds is 5. The number of nitrogens with zero attached hydrogens (tertiary/aromatic N) is 3. The van der Waals surface area contributed by atoms with Crippen LogP contribution < -0.4 is 5.32 Å². The Morgan fingerprint density at radius 1 is 1.11 bits per heavy atom. The Kier molecular flexibility index (Phi) is 5.11. The molecule has 1 N–H and O–H groups in total. The number of hydrogen-bond donors (Lipinski definition) is 1. The van der Waals surface area contributed by atoms with Crippen LogP contribution in [0.25, 0.3) is 0 Å². The zero-order valence-electron chi connectivity index (χ0n) is 16.4. The molecule has 146 valence electrons. The van der Waals surface area contributed by atoms with Crippen molar-refractivity contribution in [3.05, 3.63) is 59.2 Å². The van der Waals surface area contributed by atoms with Crippen LogP contribution in [-0.4, -0.2) is 45.8 Å². The first-order valence-electron chi connectivity index (χ1n) is 10.0. The molecule has 2 fully saturated rings. The van der Waals surface area contributed by atoms with Crippen molar-refractivity contribution in [2.75, 3.05) is 13.1 Å². The first-order valence-corrected chi connectivity index (χ1v) is 10.0. The van der Waals surface area contributed by atoms with Gasteiger partial charge in [0.05, 0.1) is 11.6 Å². The second-order valence-electron chi connectivity index (χ2n) is 7.86. The van der Waals surface area contributed by atoms with Crippen molar-refractivity contribution < 1.29 is 9.59 Å². The highest BCUT2D eigenvalue weighted by Gasteiger charge is 2.40. The van der Waals surface area contributed by atoms with E-state index < -0.39 is 0 Å². The van der Waals surface area contributed by atoms with Gasteiger partial charge in [0.1, 0.15) is 5.82 Å². The van der Waals surface area contributed by atoms with Gasteiger partial charge in [-0.1, -0.05) is 36.8 Å². The van der Waals surface area contributed by atoms with E-state index in [0.29, 0.717) is 18.7 Å². The van der Waals surface area contributed by atoms with Crippen LogP contribution in [0.2, 0.25) is 0 Å². The highest BCUT2D eigenvalue weighted by atomic mass is 16.2. The minimum Gasteiger partial charge on any atom is -0.351 e. The number of amides is 2. The number of carbonyl (C=O) groups is 2. The predicted octanol–water partition coefficient (Wildman–Crippen LogP) is 2.48. The largest absolute Gasteiger partial charge is 0.351 e. The number of nitrogens with one attached hydrogen (secondary N) is 1. The standard InChI is InChI=1S/C22H26N4O2/c1-3-20-23-10-17(11-24-20)22(28)26-12-18(15-6-4-14(2)5-7-15)19(13-26)25-21(27)16-8-9-16/h4-7,10-11,16,18-19H,3,8-9,12-13H2,1-2H3,(H,25,27)/t18-,19+/m0/s1. The van der Waals surface area contributed by atoms with Crippen molar-refractivity contribution in [1.29, 1.82) is 0 Å². The maximum Gasteiger partial charge on any atom is 0.257 e. The van der Waals surface area contributed by atoms with Gasteiger partial charge in [-0.25, -0.2) is 9.97 Å². The lowest BCUT2D eigenvalue weighted by Gasteiger charge is -2.20. The minimum atomic E-state index is -0.0806. The Balaban J connectivity index is 1.54. The highest BCUT2D eigenvalue weighted by molar-refractivity contribution is 5.94. The topological polar surface area (TPSA) is 75.2 Å². The third kappa shape index (κ3) is 3.91. The van der Waals surface area contributed by atoms with Gasteiger partial charge in [-0.15, -0.1) is 0 Å². The molecule has 0 spiro atoms. The summed E-state index contributed by atoms with van der Waals surface area (Å²) in [6.45, 7) is 5.12. The molecule has 1 saturated carbocycles. The number of carbonyl (C=O) groups excluding carboxylic acids is 2. The first-order chi connectivity index (χ1) is 13.5. The lowest BCUT2D eigenvalue weighted by molar-refractivity contribution is -0.123. The van der Waals surface area contributed by atoms with Gasteiger partial charge < -0.3 is 10.2 Å². The molecule has 2 amide bonds. The summed E-state index contributed by atoms with van der Waals surface area (Å²) in [5, 5.41) is 3.19. The van der Waals surface area contributed by atoms with Gasteiger partial charge >= 0.3 is 0 Å². The Morgan fingerprint density at radius 3 is 2.39 bits per heavy atom. The Labute approximate surface area is 165 Å². The first kappa shape index (κ1) is 18.6. The van der Waals surface area contributed by atoms with E-state index >= 15 is 0 Å². The summed E-state index contributed by atoms with van der Waals surface area (Å²) in [6, 6.07) is 8.29. The van der Waals surface area contributed by atoms with Gasteiger partial charge in [0.15, 0.2) is 0 Å². The van der Waals surface area contributed by atoms with Crippen LogP contribution in [0, 0.1) is 12.8 Å². The fourth-order valence-corrected chi connectivity index (χ4v) is 3.74. The molecule has 1 aromatic carbocycles. The molecule has 1 saturated heterocycles. The van der Waals surface area contributed by atoms with E-state index in [4.69, 9.17) is 0 Å². The van der Waals surface area contributed by atoms with Crippen LogP contribution in [0.1, 0.15) is 53.0 Å². The normalized spacial score (nSPS) is 21.6. The van der Waals surface area contributed by atoms with Crippen molar-refractivity contribution in [3.63, 3.8) is 0 Å². The second kappa shape index (κ2) is 7.70. The average molecular weight is 378 g/mol. The molecule has 28 heavy (non-hydrogen) atoms. The molecule has 4 rings (SSSR count). The fourth-order valence-electron chi connectivity index (χ4n) is 3.74. The van der Waals surface area contributed by atoms with E-state index in [1.54, 1.807) is 12.4 Å². The molecule has 1 aliphatic heterocycles. The van der Waals surface area contributed by atoms with Gasteiger partial charge in [0, 0.05) is 43.7 Å². The maximum absolute atomic E-state index is 13.0. The van der Waals surface area contributed by atoms with Gasteiger partial charge in [-0.05, 0) is 25.3 Å². The number of hydrogen-bond acceptors (Lipinski definition) is 4. The van der Waals surface area contributed by atoms with Gasteiger partial charge in [0.25, 0.3) is 5.91 Å². The van der Waals surface area contributed by atoms with E-state index in [0.717, 1.165) is 30.7 Å². The molecule has 2 heterocycles. The van der Waals surface area contributed by atoms with E-state index in [-0.39, 0.29) is 29.7 Å². The minimum absolute atomic E-state index is 0.0735. The monoisotopic (exact) mass is 378 g/mol. The molecule has 2 aliphatic rings. The van der Waals surface area contributed by atoms with Crippen molar-refractivity contribution in [3.8, 4) is 0 Å². The van der Waals surface area contributed by atoms with E-state index in [1.807, 2.05) is 11.8 Å².